The molecule has 0 aliphatic carbocycles. The van der Waals surface area contributed by atoms with Crippen molar-refractivity contribution in [2.75, 3.05) is 11.5 Å². The fourth-order valence-electron chi connectivity index (χ4n) is 2.90. The number of aryl methyl sites for hydroxylation is 1. The van der Waals surface area contributed by atoms with Crippen LogP contribution in [0.4, 0.5) is 0 Å². The third-order valence-corrected chi connectivity index (χ3v) is 6.26. The average Bonchev–Trinajstić information content (AvgIpc) is 3.21. The van der Waals surface area contributed by atoms with Gasteiger partial charge in [0, 0.05) is 12.2 Å². The van der Waals surface area contributed by atoms with Crippen molar-refractivity contribution in [3.63, 3.8) is 0 Å². The van der Waals surface area contributed by atoms with Gasteiger partial charge in [0.2, 0.25) is 0 Å². The Morgan fingerprint density at radius 2 is 1.82 bits per heavy atom. The maximum absolute atomic E-state index is 13.0. The van der Waals surface area contributed by atoms with Gasteiger partial charge in [-0.3, -0.25) is 14.2 Å². The summed E-state index contributed by atoms with van der Waals surface area (Å²) in [6, 6.07) is 18.9. The predicted octanol–water partition coefficient (Wildman–Crippen LogP) is 3.72. The molecule has 3 aromatic rings. The Kier molecular flexibility index (Phi) is 5.83. The molecule has 0 radical (unpaired) electrons. The molecule has 0 fully saturated rings. The molecule has 2 heterocycles. The largest absolute Gasteiger partial charge is 0.460 e. The molecule has 2 aromatic carbocycles. The Balaban J connectivity index is 1.53. The molecule has 7 heteroatoms. The van der Waals surface area contributed by atoms with Gasteiger partial charge >= 0.3 is 5.97 Å². The molecular formula is C21H18N2O3S2. The van der Waals surface area contributed by atoms with Gasteiger partial charge in [-0.2, -0.15) is 0 Å². The average molecular weight is 411 g/mol. The van der Waals surface area contributed by atoms with Crippen LogP contribution in [0.1, 0.15) is 11.3 Å². The third kappa shape index (κ3) is 4.15. The predicted molar refractivity (Wildman–Crippen MR) is 111 cm³/mol. The molecule has 0 atom stereocenters. The van der Waals surface area contributed by atoms with Crippen LogP contribution in [0.5, 0.6) is 0 Å². The second-order valence-corrected chi connectivity index (χ2v) is 8.23. The SMILES string of the molecule is O=C(CSc1nc2c(c(=O)n1-c1ccccc1)SCC2)OCc1ccccc1. The van der Waals surface area contributed by atoms with E-state index in [1.54, 1.807) is 16.3 Å². The summed E-state index contributed by atoms with van der Waals surface area (Å²) in [5, 5.41) is 0.522. The lowest BCUT2D eigenvalue weighted by Crippen LogP contribution is -2.24. The number of benzene rings is 2. The zero-order chi connectivity index (χ0) is 19.3. The van der Waals surface area contributed by atoms with Crippen molar-refractivity contribution < 1.29 is 9.53 Å². The molecular weight excluding hydrogens is 392 g/mol. The number of ether oxygens (including phenoxy) is 1. The molecule has 28 heavy (non-hydrogen) atoms. The zero-order valence-electron chi connectivity index (χ0n) is 15.0. The second-order valence-electron chi connectivity index (χ2n) is 6.18. The highest BCUT2D eigenvalue weighted by molar-refractivity contribution is 8.00. The summed E-state index contributed by atoms with van der Waals surface area (Å²) in [5.41, 5.74) is 2.44. The summed E-state index contributed by atoms with van der Waals surface area (Å²) in [6.45, 7) is 0.236. The summed E-state index contributed by atoms with van der Waals surface area (Å²) < 4.78 is 6.93. The van der Waals surface area contributed by atoms with E-state index < -0.39 is 0 Å². The van der Waals surface area contributed by atoms with E-state index in [0.717, 1.165) is 29.1 Å². The lowest BCUT2D eigenvalue weighted by molar-refractivity contribution is -0.141. The van der Waals surface area contributed by atoms with Gasteiger partial charge in [-0.25, -0.2) is 4.98 Å². The number of aromatic nitrogens is 2. The Morgan fingerprint density at radius 1 is 1.11 bits per heavy atom. The number of hydrogen-bond acceptors (Lipinski definition) is 6. The minimum atomic E-state index is -0.336. The number of carbonyl (C=O) groups excluding carboxylic acids is 1. The fourth-order valence-corrected chi connectivity index (χ4v) is 4.75. The molecule has 0 spiro atoms. The van der Waals surface area contributed by atoms with E-state index in [2.05, 4.69) is 4.98 Å². The maximum atomic E-state index is 13.0. The molecule has 0 unspecified atom stereocenters. The van der Waals surface area contributed by atoms with Gasteiger partial charge in [0.25, 0.3) is 5.56 Å². The molecule has 0 N–H and O–H groups in total. The molecule has 142 valence electrons. The van der Waals surface area contributed by atoms with E-state index in [-0.39, 0.29) is 23.9 Å². The van der Waals surface area contributed by atoms with Crippen molar-refractivity contribution in [3.8, 4) is 5.69 Å². The number of nitrogens with zero attached hydrogens (tertiary/aromatic N) is 2. The lowest BCUT2D eigenvalue weighted by atomic mass is 10.2. The first-order valence-corrected chi connectivity index (χ1v) is 10.9. The second kappa shape index (κ2) is 8.67. The van der Waals surface area contributed by atoms with Gasteiger partial charge in [-0.1, -0.05) is 60.3 Å². The molecule has 0 saturated carbocycles. The van der Waals surface area contributed by atoms with Crippen molar-refractivity contribution >= 4 is 29.5 Å². The first kappa shape index (κ1) is 18.8. The maximum Gasteiger partial charge on any atom is 0.316 e. The van der Waals surface area contributed by atoms with Crippen LogP contribution in [-0.2, 0) is 22.6 Å². The van der Waals surface area contributed by atoms with Crippen LogP contribution in [0, 0.1) is 0 Å². The van der Waals surface area contributed by atoms with Gasteiger partial charge in [-0.15, -0.1) is 11.8 Å². The Bertz CT molecular complexity index is 1040. The van der Waals surface area contributed by atoms with E-state index in [4.69, 9.17) is 4.74 Å². The van der Waals surface area contributed by atoms with Gasteiger partial charge in [0.05, 0.1) is 22.0 Å². The van der Waals surface area contributed by atoms with E-state index in [0.29, 0.717) is 10.1 Å². The highest BCUT2D eigenvalue weighted by atomic mass is 32.2. The van der Waals surface area contributed by atoms with Crippen molar-refractivity contribution in [1.29, 1.82) is 0 Å². The number of fused-ring (bicyclic) bond motifs is 1. The molecule has 1 aromatic heterocycles. The molecule has 1 aliphatic rings. The van der Waals surface area contributed by atoms with Gasteiger partial charge < -0.3 is 4.74 Å². The van der Waals surface area contributed by atoms with E-state index >= 15 is 0 Å². The summed E-state index contributed by atoms with van der Waals surface area (Å²) in [5.74, 6) is 0.620. The Morgan fingerprint density at radius 3 is 2.57 bits per heavy atom. The van der Waals surface area contributed by atoms with Crippen LogP contribution < -0.4 is 5.56 Å². The highest BCUT2D eigenvalue weighted by Gasteiger charge is 2.23. The number of carbonyl (C=O) groups is 1. The zero-order valence-corrected chi connectivity index (χ0v) is 16.7. The molecule has 0 amide bonds. The van der Waals surface area contributed by atoms with Crippen LogP contribution in [0.25, 0.3) is 5.69 Å². The summed E-state index contributed by atoms with van der Waals surface area (Å²) >= 11 is 2.78. The monoisotopic (exact) mass is 410 g/mol. The number of para-hydroxylation sites is 1. The smallest absolute Gasteiger partial charge is 0.316 e. The first-order chi connectivity index (χ1) is 13.7. The number of esters is 1. The number of thioether (sulfide) groups is 2. The third-order valence-electron chi connectivity index (χ3n) is 4.24. The normalized spacial score (nSPS) is 12.6. The lowest BCUT2D eigenvalue weighted by Gasteiger charge is -2.13. The van der Waals surface area contributed by atoms with Crippen LogP contribution in [0.2, 0.25) is 0 Å². The Labute approximate surface area is 171 Å². The van der Waals surface area contributed by atoms with Crippen LogP contribution >= 0.6 is 23.5 Å². The van der Waals surface area contributed by atoms with E-state index in [1.807, 2.05) is 60.7 Å². The minimum Gasteiger partial charge on any atom is -0.460 e. The number of hydrogen-bond donors (Lipinski definition) is 0. The quantitative estimate of drug-likeness (QED) is 0.351. The van der Waals surface area contributed by atoms with E-state index in [9.17, 15) is 9.59 Å². The standard InChI is InChI=1S/C21H18N2O3S2/c24-18(26-13-15-7-3-1-4-8-15)14-28-21-22-17-11-12-27-19(17)20(25)23(21)16-9-5-2-6-10-16/h1-10H,11-14H2. The molecule has 0 bridgehead atoms. The highest BCUT2D eigenvalue weighted by Crippen LogP contribution is 2.29. The number of rotatable bonds is 6. The summed E-state index contributed by atoms with van der Waals surface area (Å²) in [4.78, 5) is 30.6. The van der Waals surface area contributed by atoms with Crippen LogP contribution in [0.15, 0.2) is 75.5 Å². The van der Waals surface area contributed by atoms with Crippen molar-refractivity contribution in [2.45, 2.75) is 23.1 Å². The molecule has 0 saturated heterocycles. The molecule has 5 nitrogen and oxygen atoms in total. The minimum absolute atomic E-state index is 0.0705. The fraction of sp³-hybridized carbons (Fsp3) is 0.190. The molecule has 4 rings (SSSR count). The van der Waals surface area contributed by atoms with Crippen molar-refractivity contribution in [1.82, 2.24) is 9.55 Å². The summed E-state index contributed by atoms with van der Waals surface area (Å²) in [7, 11) is 0. The van der Waals surface area contributed by atoms with E-state index in [1.165, 1.54) is 11.8 Å². The topological polar surface area (TPSA) is 61.2 Å². The first-order valence-electron chi connectivity index (χ1n) is 8.89. The molecule has 1 aliphatic heterocycles. The summed E-state index contributed by atoms with van der Waals surface area (Å²) in [6.07, 6.45) is 0.775. The van der Waals surface area contributed by atoms with Crippen LogP contribution in [-0.4, -0.2) is 27.0 Å². The van der Waals surface area contributed by atoms with Gasteiger partial charge in [-0.05, 0) is 17.7 Å². The van der Waals surface area contributed by atoms with Gasteiger partial charge in [0.15, 0.2) is 5.16 Å². The van der Waals surface area contributed by atoms with Crippen molar-refractivity contribution in [3.05, 3.63) is 82.3 Å². The van der Waals surface area contributed by atoms with Crippen LogP contribution in [0.3, 0.4) is 0 Å². The Hall–Kier alpha value is -2.51. The van der Waals surface area contributed by atoms with Gasteiger partial charge in [0.1, 0.15) is 6.61 Å². The van der Waals surface area contributed by atoms with Crippen molar-refractivity contribution in [2.24, 2.45) is 0 Å².